The summed E-state index contributed by atoms with van der Waals surface area (Å²) in [6.45, 7) is 0. The number of sulfonamides is 1. The van der Waals surface area contributed by atoms with E-state index in [1.807, 2.05) is 0 Å². The molecule has 0 spiro atoms. The zero-order valence-electron chi connectivity index (χ0n) is 13.0. The average molecular weight is 349 g/mol. The molecule has 24 heavy (non-hydrogen) atoms. The third-order valence-corrected chi connectivity index (χ3v) is 4.51. The maximum absolute atomic E-state index is 12.3. The van der Waals surface area contributed by atoms with E-state index in [0.717, 1.165) is 6.07 Å². The molecule has 0 atom stereocenters. The van der Waals surface area contributed by atoms with Crippen molar-refractivity contribution in [2.45, 2.75) is 4.90 Å². The number of nitrogens with zero attached hydrogens (tertiary/aromatic N) is 2. The van der Waals surface area contributed by atoms with Crippen molar-refractivity contribution in [1.29, 1.82) is 0 Å². The third kappa shape index (κ3) is 3.87. The van der Waals surface area contributed by atoms with Gasteiger partial charge in [-0.05, 0) is 30.3 Å². The molecule has 126 valence electrons. The predicted octanol–water partition coefficient (Wildman–Crippen LogP) is 2.10. The van der Waals surface area contributed by atoms with Crippen LogP contribution >= 0.6 is 0 Å². The van der Waals surface area contributed by atoms with Crippen LogP contribution in [0.5, 0.6) is 0 Å². The van der Waals surface area contributed by atoms with Crippen molar-refractivity contribution >= 4 is 27.3 Å². The topological polar surface area (TPSA) is 110 Å². The highest BCUT2D eigenvalue weighted by molar-refractivity contribution is 7.92. The summed E-state index contributed by atoms with van der Waals surface area (Å²) in [5.74, 6) is -0.205. The average Bonchev–Trinajstić information content (AvgIpc) is 2.54. The van der Waals surface area contributed by atoms with Gasteiger partial charge in [0.05, 0.1) is 9.82 Å². The van der Waals surface area contributed by atoms with Gasteiger partial charge in [0.25, 0.3) is 21.6 Å². The van der Waals surface area contributed by atoms with Crippen molar-refractivity contribution in [1.82, 2.24) is 4.90 Å². The Morgan fingerprint density at radius 3 is 2.29 bits per heavy atom. The summed E-state index contributed by atoms with van der Waals surface area (Å²) in [6.07, 6.45) is 0. The van der Waals surface area contributed by atoms with Crippen LogP contribution in [0, 0.1) is 10.1 Å². The molecule has 2 aromatic carbocycles. The van der Waals surface area contributed by atoms with E-state index in [0.29, 0.717) is 5.56 Å². The fraction of sp³-hybridized carbons (Fsp3) is 0.133. The van der Waals surface area contributed by atoms with E-state index in [9.17, 15) is 23.3 Å². The van der Waals surface area contributed by atoms with Crippen LogP contribution < -0.4 is 4.72 Å². The molecule has 2 rings (SSSR count). The number of benzene rings is 2. The van der Waals surface area contributed by atoms with Gasteiger partial charge in [0.15, 0.2) is 0 Å². The molecule has 0 bridgehead atoms. The summed E-state index contributed by atoms with van der Waals surface area (Å²) in [5.41, 5.74) is 0.347. The lowest BCUT2D eigenvalue weighted by Crippen LogP contribution is -2.21. The van der Waals surface area contributed by atoms with E-state index in [4.69, 9.17) is 0 Å². The number of rotatable bonds is 5. The summed E-state index contributed by atoms with van der Waals surface area (Å²) in [5, 5.41) is 10.7. The van der Waals surface area contributed by atoms with Gasteiger partial charge < -0.3 is 4.90 Å². The number of hydrogen-bond acceptors (Lipinski definition) is 5. The Bertz CT molecular complexity index is 876. The van der Waals surface area contributed by atoms with E-state index in [2.05, 4.69) is 4.72 Å². The Hall–Kier alpha value is -2.94. The molecule has 1 amide bonds. The normalized spacial score (nSPS) is 10.9. The number of carbonyl (C=O) groups excluding carboxylic acids is 1. The molecule has 0 unspecified atom stereocenters. The van der Waals surface area contributed by atoms with E-state index in [-0.39, 0.29) is 22.2 Å². The van der Waals surface area contributed by atoms with Crippen LogP contribution in [-0.2, 0) is 10.0 Å². The maximum atomic E-state index is 12.3. The molecule has 0 fully saturated rings. The second-order valence-corrected chi connectivity index (χ2v) is 6.82. The molecule has 0 aliphatic rings. The van der Waals surface area contributed by atoms with Gasteiger partial charge >= 0.3 is 0 Å². The first-order chi connectivity index (χ1) is 11.2. The quantitative estimate of drug-likeness (QED) is 0.656. The van der Waals surface area contributed by atoms with Crippen LogP contribution in [0.15, 0.2) is 53.4 Å². The molecule has 0 saturated carbocycles. The fourth-order valence-corrected chi connectivity index (χ4v) is 3.02. The van der Waals surface area contributed by atoms with Gasteiger partial charge in [-0.1, -0.05) is 6.07 Å². The number of anilines is 1. The van der Waals surface area contributed by atoms with Crippen LogP contribution in [0.2, 0.25) is 0 Å². The number of carbonyl (C=O) groups is 1. The molecular weight excluding hydrogens is 334 g/mol. The first-order valence-corrected chi connectivity index (χ1v) is 8.28. The third-order valence-electron chi connectivity index (χ3n) is 3.13. The molecule has 1 N–H and O–H groups in total. The molecule has 2 aromatic rings. The van der Waals surface area contributed by atoms with Crippen molar-refractivity contribution in [3.63, 3.8) is 0 Å². The molecule has 8 nitrogen and oxygen atoms in total. The zero-order valence-corrected chi connectivity index (χ0v) is 13.8. The minimum Gasteiger partial charge on any atom is -0.345 e. The van der Waals surface area contributed by atoms with E-state index < -0.39 is 14.9 Å². The second-order valence-electron chi connectivity index (χ2n) is 5.14. The lowest BCUT2D eigenvalue weighted by molar-refractivity contribution is -0.385. The minimum atomic E-state index is -3.97. The molecule has 0 aliphatic carbocycles. The van der Waals surface area contributed by atoms with Crippen LogP contribution in [0.3, 0.4) is 0 Å². The highest BCUT2D eigenvalue weighted by Crippen LogP contribution is 2.20. The highest BCUT2D eigenvalue weighted by atomic mass is 32.2. The largest absolute Gasteiger partial charge is 0.345 e. The van der Waals surface area contributed by atoms with Gasteiger partial charge in [0, 0.05) is 37.5 Å². The number of amides is 1. The van der Waals surface area contributed by atoms with Gasteiger partial charge in [0.2, 0.25) is 0 Å². The van der Waals surface area contributed by atoms with E-state index in [1.54, 1.807) is 14.1 Å². The number of nitro benzene ring substituents is 1. The first kappa shape index (κ1) is 17.4. The van der Waals surface area contributed by atoms with Crippen molar-refractivity contribution in [3.8, 4) is 0 Å². The summed E-state index contributed by atoms with van der Waals surface area (Å²) in [7, 11) is -0.744. The summed E-state index contributed by atoms with van der Waals surface area (Å²) >= 11 is 0. The Balaban J connectivity index is 2.25. The Morgan fingerprint density at radius 2 is 1.75 bits per heavy atom. The van der Waals surface area contributed by atoms with E-state index >= 15 is 0 Å². The number of hydrogen-bond donors (Lipinski definition) is 1. The van der Waals surface area contributed by atoms with Crippen LogP contribution in [0.1, 0.15) is 10.4 Å². The SMILES string of the molecule is CN(C)C(=O)c1ccc(NS(=O)(=O)c2cccc([N+](=O)[O-])c2)cc1. The molecule has 0 saturated heterocycles. The molecule has 9 heteroatoms. The van der Waals surface area contributed by atoms with Crippen LogP contribution in [-0.4, -0.2) is 38.2 Å². The summed E-state index contributed by atoms with van der Waals surface area (Å²) in [6, 6.07) is 10.6. The molecule has 0 heterocycles. The van der Waals surface area contributed by atoms with Crippen molar-refractivity contribution in [3.05, 3.63) is 64.2 Å². The van der Waals surface area contributed by atoms with E-state index in [1.165, 1.54) is 47.4 Å². The monoisotopic (exact) mass is 349 g/mol. The predicted molar refractivity (Wildman–Crippen MR) is 88.4 cm³/mol. The van der Waals surface area contributed by atoms with Crippen molar-refractivity contribution in [2.75, 3.05) is 18.8 Å². The highest BCUT2D eigenvalue weighted by Gasteiger charge is 2.18. The smallest absolute Gasteiger partial charge is 0.270 e. The van der Waals surface area contributed by atoms with Crippen molar-refractivity contribution in [2.24, 2.45) is 0 Å². The Morgan fingerprint density at radius 1 is 1.12 bits per heavy atom. The molecule has 0 aromatic heterocycles. The minimum absolute atomic E-state index is 0.205. The first-order valence-electron chi connectivity index (χ1n) is 6.80. The van der Waals surface area contributed by atoms with Gasteiger partial charge in [0.1, 0.15) is 0 Å². The molecular formula is C15H15N3O5S. The van der Waals surface area contributed by atoms with Crippen LogP contribution in [0.25, 0.3) is 0 Å². The Kier molecular flexibility index (Phi) is 4.84. The van der Waals surface area contributed by atoms with Gasteiger partial charge in [-0.25, -0.2) is 8.42 Å². The number of nitro groups is 1. The Labute approximate surface area is 138 Å². The lowest BCUT2D eigenvalue weighted by atomic mass is 10.2. The second kappa shape index (κ2) is 6.67. The fourth-order valence-electron chi connectivity index (χ4n) is 1.92. The maximum Gasteiger partial charge on any atom is 0.270 e. The zero-order chi connectivity index (χ0) is 17.9. The van der Waals surface area contributed by atoms with Crippen LogP contribution in [0.4, 0.5) is 11.4 Å². The molecule has 0 aliphatic heterocycles. The number of non-ortho nitro benzene ring substituents is 1. The van der Waals surface area contributed by atoms with Crippen molar-refractivity contribution < 1.29 is 18.1 Å². The number of nitrogens with one attached hydrogen (secondary N) is 1. The molecule has 0 radical (unpaired) electrons. The summed E-state index contributed by atoms with van der Waals surface area (Å²) in [4.78, 5) is 23.1. The lowest BCUT2D eigenvalue weighted by Gasteiger charge is -2.11. The van der Waals surface area contributed by atoms with Gasteiger partial charge in [-0.15, -0.1) is 0 Å². The van der Waals surface area contributed by atoms with Gasteiger partial charge in [-0.2, -0.15) is 0 Å². The van der Waals surface area contributed by atoms with Gasteiger partial charge in [-0.3, -0.25) is 19.6 Å². The standard InChI is InChI=1S/C15H15N3O5S/c1-17(2)15(19)11-6-8-12(9-7-11)16-24(22,23)14-5-3-4-13(10-14)18(20)21/h3-10,16H,1-2H3. The summed E-state index contributed by atoms with van der Waals surface area (Å²) < 4.78 is 26.9.